The second kappa shape index (κ2) is 4.94. The normalized spacial score (nSPS) is 21.7. The summed E-state index contributed by atoms with van der Waals surface area (Å²) in [7, 11) is 3.41. The molecule has 1 N–H and O–H groups in total. The zero-order valence-corrected chi connectivity index (χ0v) is 10.2. The minimum atomic E-state index is -0.715. The van der Waals surface area contributed by atoms with Crippen LogP contribution >= 0.6 is 0 Å². The van der Waals surface area contributed by atoms with Gasteiger partial charge in [0.1, 0.15) is 5.60 Å². The van der Waals surface area contributed by atoms with E-state index in [0.717, 1.165) is 19.5 Å². The molecule has 1 amide bonds. The molecular weight excluding hydrogens is 192 g/mol. The molecule has 0 aromatic carbocycles. The Morgan fingerprint density at radius 2 is 2.27 bits per heavy atom. The van der Waals surface area contributed by atoms with Gasteiger partial charge in [-0.3, -0.25) is 4.79 Å². The van der Waals surface area contributed by atoms with E-state index in [1.807, 2.05) is 7.05 Å². The molecule has 0 spiro atoms. The molecule has 1 fully saturated rings. The maximum Gasteiger partial charge on any atom is 0.254 e. The van der Waals surface area contributed by atoms with E-state index in [0.29, 0.717) is 6.04 Å². The summed E-state index contributed by atoms with van der Waals surface area (Å²) in [6, 6.07) is 0.451. The number of nitrogens with one attached hydrogen (secondary N) is 1. The molecule has 0 radical (unpaired) electrons. The quantitative estimate of drug-likeness (QED) is 0.746. The smallest absolute Gasteiger partial charge is 0.254 e. The summed E-state index contributed by atoms with van der Waals surface area (Å²) in [6.45, 7) is 5.44. The van der Waals surface area contributed by atoms with Crippen molar-refractivity contribution in [3.8, 4) is 0 Å². The maximum atomic E-state index is 12.0. The molecular formula is C11H22N2O2. The molecule has 15 heavy (non-hydrogen) atoms. The third kappa shape index (κ3) is 3.18. The van der Waals surface area contributed by atoms with E-state index in [1.54, 1.807) is 25.9 Å². The van der Waals surface area contributed by atoms with Gasteiger partial charge in [-0.25, -0.2) is 0 Å². The lowest BCUT2D eigenvalue weighted by atomic mass is 10.1. The predicted octanol–water partition coefficient (Wildman–Crippen LogP) is 0.622. The van der Waals surface area contributed by atoms with Crippen LogP contribution in [0.1, 0.15) is 26.7 Å². The Bertz CT molecular complexity index is 223. The molecule has 1 aliphatic heterocycles. The molecule has 0 saturated carbocycles. The largest absolute Gasteiger partial charge is 0.369 e. The summed E-state index contributed by atoms with van der Waals surface area (Å²) in [5.41, 5.74) is -0.715. The fraction of sp³-hybridized carbons (Fsp3) is 0.909. The molecule has 1 rings (SSSR count). The van der Waals surface area contributed by atoms with E-state index in [9.17, 15) is 4.79 Å². The Kier molecular flexibility index (Phi) is 4.11. The summed E-state index contributed by atoms with van der Waals surface area (Å²) in [6.07, 6.45) is 2.37. The molecule has 1 aliphatic rings. The number of rotatable bonds is 4. The number of hydrogen-bond acceptors (Lipinski definition) is 3. The van der Waals surface area contributed by atoms with Crippen molar-refractivity contribution < 1.29 is 9.53 Å². The van der Waals surface area contributed by atoms with Gasteiger partial charge in [0.05, 0.1) is 0 Å². The first-order chi connectivity index (χ1) is 6.97. The van der Waals surface area contributed by atoms with Gasteiger partial charge in [-0.15, -0.1) is 0 Å². The number of ether oxygens (including phenoxy) is 1. The summed E-state index contributed by atoms with van der Waals surface area (Å²) in [5.74, 6) is 0.0405. The standard InChI is InChI=1S/C11H22N2O2/c1-11(2,15-4)10(14)13(3)8-9-6-5-7-12-9/h9,12H,5-8H2,1-4H3. The third-order valence-corrected chi connectivity index (χ3v) is 3.03. The number of amides is 1. The van der Waals surface area contributed by atoms with Gasteiger partial charge >= 0.3 is 0 Å². The molecule has 0 bridgehead atoms. The van der Waals surface area contributed by atoms with Gasteiger partial charge in [0.15, 0.2) is 0 Å². The molecule has 1 atom stereocenters. The molecule has 0 aromatic rings. The summed E-state index contributed by atoms with van der Waals surface area (Å²) < 4.78 is 5.17. The Hall–Kier alpha value is -0.610. The number of carbonyl (C=O) groups is 1. The van der Waals surface area contributed by atoms with E-state index >= 15 is 0 Å². The van der Waals surface area contributed by atoms with Crippen LogP contribution in [0.2, 0.25) is 0 Å². The van der Waals surface area contributed by atoms with Crippen molar-refractivity contribution in [2.45, 2.75) is 38.3 Å². The number of nitrogens with zero attached hydrogens (tertiary/aromatic N) is 1. The van der Waals surface area contributed by atoms with Gasteiger partial charge in [-0.2, -0.15) is 0 Å². The van der Waals surface area contributed by atoms with Gasteiger partial charge in [-0.1, -0.05) is 0 Å². The predicted molar refractivity (Wildman–Crippen MR) is 59.7 cm³/mol. The highest BCUT2D eigenvalue weighted by Crippen LogP contribution is 2.13. The van der Waals surface area contributed by atoms with Crippen LogP contribution in [0.3, 0.4) is 0 Å². The van der Waals surface area contributed by atoms with Crippen LogP contribution in [0.4, 0.5) is 0 Å². The fourth-order valence-electron chi connectivity index (χ4n) is 1.87. The average Bonchev–Trinajstić information content (AvgIpc) is 2.69. The molecule has 88 valence electrons. The average molecular weight is 214 g/mol. The second-order valence-electron chi connectivity index (χ2n) is 4.69. The highest BCUT2D eigenvalue weighted by atomic mass is 16.5. The van der Waals surface area contributed by atoms with Gasteiger partial charge in [0.2, 0.25) is 0 Å². The lowest BCUT2D eigenvalue weighted by Gasteiger charge is -2.29. The van der Waals surface area contributed by atoms with Crippen LogP contribution < -0.4 is 5.32 Å². The van der Waals surface area contributed by atoms with Crippen LogP contribution in [-0.4, -0.2) is 49.7 Å². The van der Waals surface area contributed by atoms with Crippen LogP contribution in [0.25, 0.3) is 0 Å². The molecule has 1 unspecified atom stereocenters. The summed E-state index contributed by atoms with van der Waals surface area (Å²) >= 11 is 0. The molecule has 1 saturated heterocycles. The van der Waals surface area contributed by atoms with Crippen molar-refractivity contribution in [1.29, 1.82) is 0 Å². The Balaban J connectivity index is 2.45. The minimum absolute atomic E-state index is 0.0405. The third-order valence-electron chi connectivity index (χ3n) is 3.03. The van der Waals surface area contributed by atoms with E-state index in [1.165, 1.54) is 6.42 Å². The van der Waals surface area contributed by atoms with Crippen LogP contribution in [0.15, 0.2) is 0 Å². The maximum absolute atomic E-state index is 12.0. The second-order valence-corrected chi connectivity index (χ2v) is 4.69. The van der Waals surface area contributed by atoms with Crippen molar-refractivity contribution in [2.24, 2.45) is 0 Å². The van der Waals surface area contributed by atoms with Crippen LogP contribution in [-0.2, 0) is 9.53 Å². The molecule has 0 aromatic heterocycles. The molecule has 0 aliphatic carbocycles. The molecule has 4 heteroatoms. The van der Waals surface area contributed by atoms with Gasteiger partial charge in [-0.05, 0) is 33.2 Å². The van der Waals surface area contributed by atoms with Gasteiger partial charge in [0.25, 0.3) is 5.91 Å². The zero-order chi connectivity index (χ0) is 11.5. The molecule has 4 nitrogen and oxygen atoms in total. The van der Waals surface area contributed by atoms with Crippen molar-refractivity contribution in [1.82, 2.24) is 10.2 Å². The first-order valence-electron chi connectivity index (χ1n) is 5.51. The van der Waals surface area contributed by atoms with Gasteiger partial charge < -0.3 is 15.0 Å². The Morgan fingerprint density at radius 3 is 2.73 bits per heavy atom. The highest BCUT2D eigenvalue weighted by molar-refractivity contribution is 5.84. The zero-order valence-electron chi connectivity index (χ0n) is 10.2. The monoisotopic (exact) mass is 214 g/mol. The van der Waals surface area contributed by atoms with Crippen molar-refractivity contribution in [3.63, 3.8) is 0 Å². The summed E-state index contributed by atoms with van der Waals surface area (Å²) in [4.78, 5) is 13.7. The van der Waals surface area contributed by atoms with E-state index in [2.05, 4.69) is 5.32 Å². The van der Waals surface area contributed by atoms with E-state index in [4.69, 9.17) is 4.74 Å². The minimum Gasteiger partial charge on any atom is -0.369 e. The first kappa shape index (κ1) is 12.5. The topological polar surface area (TPSA) is 41.6 Å². The first-order valence-corrected chi connectivity index (χ1v) is 5.51. The van der Waals surface area contributed by atoms with Crippen LogP contribution in [0, 0.1) is 0 Å². The SMILES string of the molecule is COC(C)(C)C(=O)N(C)CC1CCCN1. The van der Waals surface area contributed by atoms with Gasteiger partial charge in [0, 0.05) is 26.7 Å². The lowest BCUT2D eigenvalue weighted by molar-refractivity contribution is -0.149. The van der Waals surface area contributed by atoms with Crippen molar-refractivity contribution in [2.75, 3.05) is 27.2 Å². The van der Waals surface area contributed by atoms with E-state index in [-0.39, 0.29) is 5.91 Å². The summed E-state index contributed by atoms with van der Waals surface area (Å²) in [5, 5.41) is 3.38. The number of carbonyl (C=O) groups excluding carboxylic acids is 1. The molecule has 1 heterocycles. The highest BCUT2D eigenvalue weighted by Gasteiger charge is 2.31. The Morgan fingerprint density at radius 1 is 1.60 bits per heavy atom. The number of methoxy groups -OCH3 is 1. The lowest BCUT2D eigenvalue weighted by Crippen LogP contribution is -2.48. The fourth-order valence-corrected chi connectivity index (χ4v) is 1.87. The van der Waals surface area contributed by atoms with E-state index < -0.39 is 5.60 Å². The van der Waals surface area contributed by atoms with Crippen molar-refractivity contribution >= 4 is 5.91 Å². The number of hydrogen-bond donors (Lipinski definition) is 1. The Labute approximate surface area is 92.0 Å². The number of likely N-dealkylation sites (N-methyl/N-ethyl adjacent to an activating group) is 1. The van der Waals surface area contributed by atoms with Crippen LogP contribution in [0.5, 0.6) is 0 Å². The van der Waals surface area contributed by atoms with Crippen molar-refractivity contribution in [3.05, 3.63) is 0 Å².